The molecule has 0 amide bonds. The summed E-state index contributed by atoms with van der Waals surface area (Å²) in [4.78, 5) is 2.55. The first-order valence-corrected chi connectivity index (χ1v) is 6.18. The van der Waals surface area contributed by atoms with E-state index >= 15 is 0 Å². The van der Waals surface area contributed by atoms with E-state index in [-0.39, 0.29) is 0 Å². The Morgan fingerprint density at radius 1 is 1.36 bits per heavy atom. The maximum Gasteiger partial charge on any atom is 0.00922 e. The second-order valence-electron chi connectivity index (χ2n) is 4.72. The topological polar surface area (TPSA) is 29.3 Å². The van der Waals surface area contributed by atoms with Gasteiger partial charge in [0.1, 0.15) is 0 Å². The van der Waals surface area contributed by atoms with Crippen molar-refractivity contribution in [3.63, 3.8) is 0 Å². The summed E-state index contributed by atoms with van der Waals surface area (Å²) in [6, 6.07) is 0.866. The molecule has 0 bridgehead atoms. The van der Waals surface area contributed by atoms with Gasteiger partial charge in [-0.3, -0.25) is 0 Å². The molecule has 0 saturated heterocycles. The lowest BCUT2D eigenvalue weighted by Crippen LogP contribution is -2.32. The van der Waals surface area contributed by atoms with Crippen molar-refractivity contribution in [1.29, 1.82) is 0 Å². The van der Waals surface area contributed by atoms with Crippen LogP contribution >= 0.6 is 0 Å². The minimum atomic E-state index is 0.735. The first kappa shape index (κ1) is 12.0. The Morgan fingerprint density at radius 3 is 2.50 bits per heavy atom. The normalized spacial score (nSPS) is 20.6. The van der Waals surface area contributed by atoms with Crippen LogP contribution in [-0.2, 0) is 0 Å². The summed E-state index contributed by atoms with van der Waals surface area (Å²) in [5.41, 5.74) is 5.70. The van der Waals surface area contributed by atoms with Gasteiger partial charge in [-0.2, -0.15) is 0 Å². The Balaban J connectivity index is 2.15. The third kappa shape index (κ3) is 3.58. The fourth-order valence-electron chi connectivity index (χ4n) is 2.40. The average Bonchev–Trinajstić information content (AvgIpc) is 2.72. The van der Waals surface area contributed by atoms with E-state index in [1.54, 1.807) is 0 Å². The van der Waals surface area contributed by atoms with E-state index in [9.17, 15) is 0 Å². The molecular formula is C12H26N2. The Morgan fingerprint density at radius 2 is 2.00 bits per heavy atom. The molecule has 1 aliphatic rings. The molecule has 0 aliphatic heterocycles. The lowest BCUT2D eigenvalue weighted by molar-refractivity contribution is 0.226. The van der Waals surface area contributed by atoms with Gasteiger partial charge in [-0.1, -0.05) is 26.2 Å². The van der Waals surface area contributed by atoms with Crippen LogP contribution in [-0.4, -0.2) is 31.1 Å². The van der Waals surface area contributed by atoms with Crippen LogP contribution < -0.4 is 5.73 Å². The van der Waals surface area contributed by atoms with Gasteiger partial charge in [-0.05, 0) is 45.3 Å². The number of hydrogen-bond acceptors (Lipinski definition) is 2. The van der Waals surface area contributed by atoms with Crippen LogP contribution in [0.4, 0.5) is 0 Å². The van der Waals surface area contributed by atoms with E-state index in [0.29, 0.717) is 0 Å². The number of rotatable bonds is 6. The van der Waals surface area contributed by atoms with Gasteiger partial charge in [-0.15, -0.1) is 0 Å². The van der Waals surface area contributed by atoms with Gasteiger partial charge in [0.05, 0.1) is 0 Å². The highest BCUT2D eigenvalue weighted by molar-refractivity contribution is 4.75. The Kier molecular flexibility index (Phi) is 5.49. The minimum absolute atomic E-state index is 0.735. The number of nitrogens with two attached hydrogens (primary N) is 1. The molecule has 0 aromatic carbocycles. The molecule has 0 radical (unpaired) electrons. The molecule has 0 heterocycles. The molecule has 0 aromatic rings. The lowest BCUT2D eigenvalue weighted by Gasteiger charge is -2.25. The molecule has 1 fully saturated rings. The Hall–Kier alpha value is -0.0800. The van der Waals surface area contributed by atoms with Crippen LogP contribution in [0.25, 0.3) is 0 Å². The zero-order chi connectivity index (χ0) is 10.4. The van der Waals surface area contributed by atoms with Crippen LogP contribution in [0.5, 0.6) is 0 Å². The molecule has 1 aliphatic carbocycles. The molecule has 1 unspecified atom stereocenters. The SMILES string of the molecule is CCC(CN)CCN(C)C1CCCC1. The van der Waals surface area contributed by atoms with Gasteiger partial charge >= 0.3 is 0 Å². The van der Waals surface area contributed by atoms with E-state index in [1.807, 2.05) is 0 Å². The molecule has 1 atom stereocenters. The van der Waals surface area contributed by atoms with Gasteiger partial charge in [-0.25, -0.2) is 0 Å². The van der Waals surface area contributed by atoms with Gasteiger partial charge in [0, 0.05) is 6.04 Å². The van der Waals surface area contributed by atoms with E-state index in [1.165, 1.54) is 45.1 Å². The van der Waals surface area contributed by atoms with Crippen LogP contribution in [0.2, 0.25) is 0 Å². The minimum Gasteiger partial charge on any atom is -0.330 e. The van der Waals surface area contributed by atoms with Gasteiger partial charge in [0.25, 0.3) is 0 Å². The standard InChI is InChI=1S/C12H26N2/c1-3-11(10-13)8-9-14(2)12-6-4-5-7-12/h11-12H,3-10,13H2,1-2H3. The molecule has 1 saturated carbocycles. The molecular weight excluding hydrogens is 172 g/mol. The summed E-state index contributed by atoms with van der Waals surface area (Å²) in [5, 5.41) is 0. The largest absolute Gasteiger partial charge is 0.330 e. The van der Waals surface area contributed by atoms with Crippen molar-refractivity contribution in [1.82, 2.24) is 4.90 Å². The van der Waals surface area contributed by atoms with Crippen LogP contribution in [0.1, 0.15) is 45.4 Å². The molecule has 84 valence electrons. The Bertz CT molecular complexity index is 137. The average molecular weight is 198 g/mol. The first-order chi connectivity index (χ1) is 6.77. The molecule has 2 N–H and O–H groups in total. The number of hydrogen-bond donors (Lipinski definition) is 1. The lowest BCUT2D eigenvalue weighted by atomic mass is 10.0. The smallest absolute Gasteiger partial charge is 0.00922 e. The van der Waals surface area contributed by atoms with Crippen molar-refractivity contribution < 1.29 is 0 Å². The highest BCUT2D eigenvalue weighted by Crippen LogP contribution is 2.22. The third-order valence-electron chi connectivity index (χ3n) is 3.75. The van der Waals surface area contributed by atoms with Crippen molar-refractivity contribution in [2.75, 3.05) is 20.1 Å². The molecule has 2 nitrogen and oxygen atoms in total. The summed E-state index contributed by atoms with van der Waals surface area (Å²) >= 11 is 0. The van der Waals surface area contributed by atoms with Gasteiger partial charge in [0.15, 0.2) is 0 Å². The van der Waals surface area contributed by atoms with E-state index in [2.05, 4.69) is 18.9 Å². The molecule has 2 heteroatoms. The predicted octanol–water partition coefficient (Wildman–Crippen LogP) is 2.24. The van der Waals surface area contributed by atoms with Crippen molar-refractivity contribution >= 4 is 0 Å². The summed E-state index contributed by atoms with van der Waals surface area (Å²) in [7, 11) is 2.28. The van der Waals surface area contributed by atoms with Crippen molar-refractivity contribution in [2.45, 2.75) is 51.5 Å². The maximum atomic E-state index is 5.70. The van der Waals surface area contributed by atoms with Gasteiger partial charge < -0.3 is 10.6 Å². The fraction of sp³-hybridized carbons (Fsp3) is 1.00. The van der Waals surface area contributed by atoms with Crippen molar-refractivity contribution in [2.24, 2.45) is 11.7 Å². The fourth-order valence-corrected chi connectivity index (χ4v) is 2.40. The summed E-state index contributed by atoms with van der Waals surface area (Å²) in [6.45, 7) is 4.34. The second kappa shape index (κ2) is 6.41. The van der Waals surface area contributed by atoms with Crippen LogP contribution in [0, 0.1) is 5.92 Å². The van der Waals surface area contributed by atoms with Crippen LogP contribution in [0.15, 0.2) is 0 Å². The summed E-state index contributed by atoms with van der Waals surface area (Å²) < 4.78 is 0. The zero-order valence-corrected chi connectivity index (χ0v) is 9.84. The quantitative estimate of drug-likeness (QED) is 0.709. The van der Waals surface area contributed by atoms with Gasteiger partial charge in [0.2, 0.25) is 0 Å². The third-order valence-corrected chi connectivity index (χ3v) is 3.75. The maximum absolute atomic E-state index is 5.70. The zero-order valence-electron chi connectivity index (χ0n) is 9.84. The second-order valence-corrected chi connectivity index (χ2v) is 4.72. The number of nitrogens with zero attached hydrogens (tertiary/aromatic N) is 1. The monoisotopic (exact) mass is 198 g/mol. The molecule has 1 rings (SSSR count). The van der Waals surface area contributed by atoms with Crippen LogP contribution in [0.3, 0.4) is 0 Å². The van der Waals surface area contributed by atoms with E-state index in [0.717, 1.165) is 18.5 Å². The highest BCUT2D eigenvalue weighted by Gasteiger charge is 2.19. The highest BCUT2D eigenvalue weighted by atomic mass is 15.1. The summed E-state index contributed by atoms with van der Waals surface area (Å²) in [6.07, 6.45) is 8.20. The van der Waals surface area contributed by atoms with E-state index in [4.69, 9.17) is 5.73 Å². The first-order valence-electron chi connectivity index (χ1n) is 6.18. The van der Waals surface area contributed by atoms with Crippen molar-refractivity contribution in [3.8, 4) is 0 Å². The molecule has 0 aromatic heterocycles. The van der Waals surface area contributed by atoms with E-state index < -0.39 is 0 Å². The predicted molar refractivity (Wildman–Crippen MR) is 62.3 cm³/mol. The molecule has 0 spiro atoms. The van der Waals surface area contributed by atoms with Crippen molar-refractivity contribution in [3.05, 3.63) is 0 Å². The molecule has 14 heavy (non-hydrogen) atoms. The summed E-state index contributed by atoms with van der Waals surface area (Å²) in [5.74, 6) is 0.735. The Labute approximate surface area is 88.8 Å².